The number of hydrogen-bond acceptors (Lipinski definition) is 5. The molecule has 2 heterocycles. The minimum absolute atomic E-state index is 0.288. The fourth-order valence-corrected chi connectivity index (χ4v) is 1.27. The molecule has 16 heavy (non-hydrogen) atoms. The fraction of sp³-hybridized carbons (Fsp3) is 0.300. The Morgan fingerprint density at radius 2 is 2.31 bits per heavy atom. The van der Waals surface area contributed by atoms with Gasteiger partial charge in [-0.15, -0.1) is 0 Å². The lowest BCUT2D eigenvalue weighted by Crippen LogP contribution is -1.96. The van der Waals surface area contributed by atoms with E-state index >= 15 is 0 Å². The van der Waals surface area contributed by atoms with Crippen molar-refractivity contribution in [3.63, 3.8) is 0 Å². The van der Waals surface area contributed by atoms with Crippen molar-refractivity contribution >= 4 is 5.65 Å². The van der Waals surface area contributed by atoms with Crippen LogP contribution in [0.15, 0.2) is 18.6 Å². The highest BCUT2D eigenvalue weighted by molar-refractivity contribution is 5.46. The van der Waals surface area contributed by atoms with Crippen LogP contribution in [0, 0.1) is 11.3 Å². The third-order valence-corrected chi connectivity index (χ3v) is 1.97. The summed E-state index contributed by atoms with van der Waals surface area (Å²) < 4.78 is 1.54. The summed E-state index contributed by atoms with van der Waals surface area (Å²) in [5, 5.41) is 12.8. The van der Waals surface area contributed by atoms with Gasteiger partial charge in [0.25, 0.3) is 0 Å². The maximum Gasteiger partial charge on any atom is 0.160 e. The van der Waals surface area contributed by atoms with E-state index in [2.05, 4.69) is 10.1 Å². The van der Waals surface area contributed by atoms with Gasteiger partial charge in [-0.1, -0.05) is 0 Å². The molecule has 2 rings (SSSR count). The van der Waals surface area contributed by atoms with E-state index in [1.54, 1.807) is 16.9 Å². The molecule has 0 aliphatic heterocycles. The summed E-state index contributed by atoms with van der Waals surface area (Å²) in [4.78, 5) is 13.9. The Morgan fingerprint density at radius 1 is 1.44 bits per heavy atom. The first-order valence-corrected chi connectivity index (χ1v) is 4.82. The number of hydrogen-bond donors (Lipinski definition) is 0. The molecule has 0 bridgehead atoms. The van der Waals surface area contributed by atoms with E-state index in [-0.39, 0.29) is 6.61 Å². The van der Waals surface area contributed by atoms with Gasteiger partial charge in [0.15, 0.2) is 5.65 Å². The number of rotatable bonds is 4. The van der Waals surface area contributed by atoms with E-state index in [1.165, 1.54) is 6.20 Å². The molecular formula is C10H10N4O2. The molecule has 6 nitrogen and oxygen atoms in total. The van der Waals surface area contributed by atoms with Crippen molar-refractivity contribution in [3.8, 4) is 6.07 Å². The molecule has 0 N–H and O–H groups in total. The van der Waals surface area contributed by atoms with Crippen molar-refractivity contribution in [1.82, 2.24) is 14.6 Å². The van der Waals surface area contributed by atoms with Crippen molar-refractivity contribution in [1.29, 1.82) is 5.26 Å². The molecule has 0 amide bonds. The lowest BCUT2D eigenvalue weighted by atomic mass is 10.3. The van der Waals surface area contributed by atoms with E-state index in [1.807, 2.05) is 13.0 Å². The molecule has 0 aliphatic rings. The molecule has 0 saturated carbocycles. The zero-order chi connectivity index (χ0) is 11.4. The molecule has 0 fully saturated rings. The van der Waals surface area contributed by atoms with Crippen molar-refractivity contribution < 1.29 is 9.78 Å². The molecule has 0 unspecified atom stereocenters. The first kappa shape index (κ1) is 10.5. The van der Waals surface area contributed by atoms with Gasteiger partial charge < -0.3 is 0 Å². The molecule has 2 aromatic heterocycles. The summed E-state index contributed by atoms with van der Waals surface area (Å²) in [7, 11) is 0. The van der Waals surface area contributed by atoms with Gasteiger partial charge >= 0.3 is 0 Å². The van der Waals surface area contributed by atoms with Gasteiger partial charge in [0.1, 0.15) is 12.7 Å². The maximum atomic E-state index is 8.70. The van der Waals surface area contributed by atoms with Crippen LogP contribution in [-0.2, 0) is 16.4 Å². The number of aromatic nitrogens is 3. The van der Waals surface area contributed by atoms with Crippen molar-refractivity contribution in [2.24, 2.45) is 0 Å². The normalized spacial score (nSPS) is 10.5. The van der Waals surface area contributed by atoms with Crippen LogP contribution < -0.4 is 0 Å². The van der Waals surface area contributed by atoms with Crippen LogP contribution >= 0.6 is 0 Å². The van der Waals surface area contributed by atoms with Gasteiger partial charge in [-0.2, -0.15) is 10.4 Å². The summed E-state index contributed by atoms with van der Waals surface area (Å²) in [6.45, 7) is 2.62. The Balaban J connectivity index is 2.25. The topological polar surface area (TPSA) is 72.4 Å². The van der Waals surface area contributed by atoms with Crippen LogP contribution in [0.2, 0.25) is 0 Å². The molecule has 2 aromatic rings. The molecule has 0 spiro atoms. The first-order valence-electron chi connectivity index (χ1n) is 4.82. The molecule has 0 saturated heterocycles. The number of nitriles is 1. The van der Waals surface area contributed by atoms with Crippen molar-refractivity contribution in [2.75, 3.05) is 6.61 Å². The minimum atomic E-state index is 0.288. The smallest absolute Gasteiger partial charge is 0.160 e. The average molecular weight is 218 g/mol. The quantitative estimate of drug-likeness (QED) is 0.436. The predicted octanol–water partition coefficient (Wildman–Crippen LogP) is 1.07. The third-order valence-electron chi connectivity index (χ3n) is 1.97. The Bertz CT molecular complexity index is 529. The van der Waals surface area contributed by atoms with Crippen LogP contribution in [-0.4, -0.2) is 21.2 Å². The summed E-state index contributed by atoms with van der Waals surface area (Å²) in [6, 6.07) is 2.00. The molecule has 0 aliphatic carbocycles. The summed E-state index contributed by atoms with van der Waals surface area (Å²) in [6.07, 6.45) is 4.76. The van der Waals surface area contributed by atoms with Crippen LogP contribution in [0.4, 0.5) is 0 Å². The monoisotopic (exact) mass is 218 g/mol. The highest BCUT2D eigenvalue weighted by Crippen LogP contribution is 2.09. The van der Waals surface area contributed by atoms with Gasteiger partial charge in [-0.25, -0.2) is 19.3 Å². The van der Waals surface area contributed by atoms with Crippen LogP contribution in [0.3, 0.4) is 0 Å². The van der Waals surface area contributed by atoms with Crippen molar-refractivity contribution in [2.45, 2.75) is 13.5 Å². The molecular weight excluding hydrogens is 208 g/mol. The zero-order valence-corrected chi connectivity index (χ0v) is 8.75. The molecule has 0 aromatic carbocycles. The Kier molecular flexibility index (Phi) is 3.10. The van der Waals surface area contributed by atoms with Crippen LogP contribution in [0.1, 0.15) is 18.1 Å². The van der Waals surface area contributed by atoms with E-state index < -0.39 is 0 Å². The Hall–Kier alpha value is -1.97. The largest absolute Gasteiger partial charge is 0.237 e. The second kappa shape index (κ2) is 4.70. The van der Waals surface area contributed by atoms with Gasteiger partial charge in [-0.3, -0.25) is 0 Å². The lowest BCUT2D eigenvalue weighted by molar-refractivity contribution is -0.300. The van der Waals surface area contributed by atoms with Gasteiger partial charge in [0, 0.05) is 11.8 Å². The zero-order valence-electron chi connectivity index (χ0n) is 8.75. The molecule has 82 valence electrons. The van der Waals surface area contributed by atoms with Gasteiger partial charge in [0.05, 0.1) is 24.6 Å². The lowest BCUT2D eigenvalue weighted by Gasteiger charge is -1.99. The molecule has 0 atom stereocenters. The molecule has 0 radical (unpaired) electrons. The van der Waals surface area contributed by atoms with Crippen LogP contribution in [0.25, 0.3) is 5.65 Å². The minimum Gasteiger partial charge on any atom is -0.237 e. The summed E-state index contributed by atoms with van der Waals surface area (Å²) >= 11 is 0. The van der Waals surface area contributed by atoms with Crippen LogP contribution in [0.5, 0.6) is 0 Å². The fourth-order valence-electron chi connectivity index (χ4n) is 1.27. The van der Waals surface area contributed by atoms with E-state index in [9.17, 15) is 0 Å². The third kappa shape index (κ3) is 2.00. The average Bonchev–Trinajstić information content (AvgIpc) is 2.72. The highest BCUT2D eigenvalue weighted by Gasteiger charge is 2.06. The van der Waals surface area contributed by atoms with E-state index in [0.29, 0.717) is 17.8 Å². The summed E-state index contributed by atoms with van der Waals surface area (Å²) in [5.74, 6) is 0. The number of nitrogens with zero attached hydrogens (tertiary/aromatic N) is 4. The highest BCUT2D eigenvalue weighted by atomic mass is 17.2. The Labute approximate surface area is 92.0 Å². The second-order valence-electron chi connectivity index (χ2n) is 3.06. The SMILES string of the molecule is CCOOCc1cnn2cc(C#N)cnc12. The predicted molar refractivity (Wildman–Crippen MR) is 54.1 cm³/mol. The van der Waals surface area contributed by atoms with Gasteiger partial charge in [0.2, 0.25) is 0 Å². The standard InChI is InChI=1S/C10H10N4O2/c1-2-15-16-7-9-5-13-14-6-8(3-11)4-12-10(9)14/h4-6H,2,7H2,1H3. The Morgan fingerprint density at radius 3 is 3.06 bits per heavy atom. The maximum absolute atomic E-state index is 8.70. The molecule has 6 heteroatoms. The van der Waals surface area contributed by atoms with E-state index in [4.69, 9.17) is 15.0 Å². The second-order valence-corrected chi connectivity index (χ2v) is 3.06. The first-order chi connectivity index (χ1) is 7.85. The summed E-state index contributed by atoms with van der Waals surface area (Å²) in [5.41, 5.74) is 1.95. The van der Waals surface area contributed by atoms with Crippen molar-refractivity contribution in [3.05, 3.63) is 29.7 Å². The van der Waals surface area contributed by atoms with Gasteiger partial charge in [-0.05, 0) is 6.92 Å². The number of fused-ring (bicyclic) bond motifs is 1. The van der Waals surface area contributed by atoms with E-state index in [0.717, 1.165) is 5.56 Å².